The monoisotopic (exact) mass is 349 g/mol. The van der Waals surface area contributed by atoms with Gasteiger partial charge in [0.05, 0.1) is 0 Å². The van der Waals surface area contributed by atoms with E-state index in [-0.39, 0.29) is 23.8 Å². The lowest BCUT2D eigenvalue weighted by molar-refractivity contribution is -0.118. The van der Waals surface area contributed by atoms with Gasteiger partial charge in [0.25, 0.3) is 5.91 Å². The summed E-state index contributed by atoms with van der Waals surface area (Å²) < 4.78 is 6.10. The van der Waals surface area contributed by atoms with Crippen LogP contribution in [0.1, 0.15) is 10.4 Å². The van der Waals surface area contributed by atoms with Crippen molar-refractivity contribution in [2.45, 2.75) is 0 Å². The second-order valence-electron chi connectivity index (χ2n) is 4.15. The summed E-state index contributed by atoms with van der Waals surface area (Å²) in [6.07, 6.45) is 0. The Morgan fingerprint density at radius 1 is 1.14 bits per heavy atom. The standard InChI is InChI=1S/C15H12BrNO4/c16-10-4-3-5-11(8-10)17-14(18)9-21-13-7-2-1-6-12(13)15(19)20/h1-8H,9H2,(H,17,18)(H,19,20). The van der Waals surface area contributed by atoms with E-state index in [0.29, 0.717) is 5.69 Å². The van der Waals surface area contributed by atoms with Crippen molar-refractivity contribution >= 4 is 33.5 Å². The summed E-state index contributed by atoms with van der Waals surface area (Å²) >= 11 is 3.31. The van der Waals surface area contributed by atoms with Crippen LogP contribution in [0.4, 0.5) is 5.69 Å². The highest BCUT2D eigenvalue weighted by molar-refractivity contribution is 9.10. The molecule has 0 aliphatic rings. The minimum absolute atomic E-state index is 0.0211. The number of carboxylic acid groups (broad SMARTS) is 1. The van der Waals surface area contributed by atoms with Crippen LogP contribution in [0.3, 0.4) is 0 Å². The lowest BCUT2D eigenvalue weighted by atomic mass is 10.2. The van der Waals surface area contributed by atoms with E-state index in [1.54, 1.807) is 30.3 Å². The van der Waals surface area contributed by atoms with Crippen LogP contribution < -0.4 is 10.1 Å². The molecule has 0 spiro atoms. The van der Waals surface area contributed by atoms with Gasteiger partial charge < -0.3 is 15.2 Å². The Balaban J connectivity index is 1.97. The van der Waals surface area contributed by atoms with Gasteiger partial charge in [-0.2, -0.15) is 0 Å². The van der Waals surface area contributed by atoms with E-state index in [0.717, 1.165) is 4.47 Å². The molecule has 2 aromatic rings. The maximum absolute atomic E-state index is 11.8. The van der Waals surface area contributed by atoms with Crippen LogP contribution in [0.25, 0.3) is 0 Å². The van der Waals surface area contributed by atoms with Gasteiger partial charge in [-0.05, 0) is 30.3 Å². The number of carbonyl (C=O) groups is 2. The minimum atomic E-state index is -1.10. The number of hydrogen-bond acceptors (Lipinski definition) is 3. The molecular formula is C15H12BrNO4. The van der Waals surface area contributed by atoms with Crippen LogP contribution in [-0.4, -0.2) is 23.6 Å². The first-order chi connectivity index (χ1) is 10.1. The zero-order valence-electron chi connectivity index (χ0n) is 10.9. The average Bonchev–Trinajstić information content (AvgIpc) is 2.45. The molecule has 0 bridgehead atoms. The predicted octanol–water partition coefficient (Wildman–Crippen LogP) is 3.16. The smallest absolute Gasteiger partial charge is 0.339 e. The molecule has 0 radical (unpaired) electrons. The van der Waals surface area contributed by atoms with E-state index in [4.69, 9.17) is 9.84 Å². The van der Waals surface area contributed by atoms with Gasteiger partial charge in [-0.3, -0.25) is 4.79 Å². The van der Waals surface area contributed by atoms with Crippen LogP contribution in [0.2, 0.25) is 0 Å². The Labute approximate surface area is 129 Å². The third-order valence-corrected chi connectivity index (χ3v) is 3.08. The van der Waals surface area contributed by atoms with E-state index in [1.165, 1.54) is 12.1 Å². The molecule has 0 heterocycles. The number of amides is 1. The first-order valence-corrected chi connectivity index (χ1v) is 6.86. The molecule has 0 atom stereocenters. The Hall–Kier alpha value is -2.34. The molecule has 2 N–H and O–H groups in total. The molecule has 21 heavy (non-hydrogen) atoms. The Kier molecular flexibility index (Phi) is 4.94. The van der Waals surface area contributed by atoms with E-state index in [2.05, 4.69) is 21.2 Å². The Morgan fingerprint density at radius 2 is 1.90 bits per heavy atom. The molecule has 0 saturated heterocycles. The molecule has 0 aliphatic heterocycles. The molecule has 108 valence electrons. The molecule has 0 fully saturated rings. The topological polar surface area (TPSA) is 75.6 Å². The number of ether oxygens (including phenoxy) is 1. The van der Waals surface area contributed by atoms with E-state index in [1.807, 2.05) is 6.07 Å². The van der Waals surface area contributed by atoms with Crippen molar-refractivity contribution < 1.29 is 19.4 Å². The summed E-state index contributed by atoms with van der Waals surface area (Å²) in [5, 5.41) is 11.7. The largest absolute Gasteiger partial charge is 0.483 e. The molecule has 0 aromatic heterocycles. The van der Waals surface area contributed by atoms with Gasteiger partial charge >= 0.3 is 5.97 Å². The summed E-state index contributed by atoms with van der Waals surface area (Å²) in [4.78, 5) is 22.8. The van der Waals surface area contributed by atoms with Crippen LogP contribution in [0, 0.1) is 0 Å². The van der Waals surface area contributed by atoms with Crippen molar-refractivity contribution in [1.82, 2.24) is 0 Å². The van der Waals surface area contributed by atoms with Crippen molar-refractivity contribution in [2.75, 3.05) is 11.9 Å². The fraction of sp³-hybridized carbons (Fsp3) is 0.0667. The number of carbonyl (C=O) groups excluding carboxylic acids is 1. The quantitative estimate of drug-likeness (QED) is 0.869. The van der Waals surface area contributed by atoms with Crippen molar-refractivity contribution in [3.8, 4) is 5.75 Å². The molecule has 0 aliphatic carbocycles. The highest BCUT2D eigenvalue weighted by Crippen LogP contribution is 2.18. The van der Waals surface area contributed by atoms with Crippen molar-refractivity contribution in [1.29, 1.82) is 0 Å². The number of rotatable bonds is 5. The fourth-order valence-electron chi connectivity index (χ4n) is 1.68. The molecule has 1 amide bonds. The molecule has 0 saturated carbocycles. The number of hydrogen-bond donors (Lipinski definition) is 2. The average molecular weight is 350 g/mol. The van der Waals surface area contributed by atoms with Gasteiger partial charge in [-0.1, -0.05) is 34.1 Å². The van der Waals surface area contributed by atoms with Crippen molar-refractivity contribution in [3.63, 3.8) is 0 Å². The molecule has 0 unspecified atom stereocenters. The number of para-hydroxylation sites is 1. The SMILES string of the molecule is O=C(COc1ccccc1C(=O)O)Nc1cccc(Br)c1. The second kappa shape index (κ2) is 6.90. The minimum Gasteiger partial charge on any atom is -0.483 e. The van der Waals surface area contributed by atoms with Gasteiger partial charge in [-0.15, -0.1) is 0 Å². The summed E-state index contributed by atoms with van der Waals surface area (Å²) in [5.74, 6) is -1.30. The van der Waals surface area contributed by atoms with Crippen molar-refractivity contribution in [3.05, 3.63) is 58.6 Å². The first-order valence-electron chi connectivity index (χ1n) is 6.07. The highest BCUT2D eigenvalue weighted by atomic mass is 79.9. The molecular weight excluding hydrogens is 338 g/mol. The summed E-state index contributed by atoms with van der Waals surface area (Å²) in [6.45, 7) is -0.267. The Morgan fingerprint density at radius 3 is 2.62 bits per heavy atom. The normalized spacial score (nSPS) is 9.95. The molecule has 2 aromatic carbocycles. The van der Waals surface area contributed by atoms with Gasteiger partial charge in [-0.25, -0.2) is 4.79 Å². The zero-order valence-corrected chi connectivity index (χ0v) is 12.5. The molecule has 2 rings (SSSR count). The van der Waals surface area contributed by atoms with Crippen LogP contribution >= 0.6 is 15.9 Å². The highest BCUT2D eigenvalue weighted by Gasteiger charge is 2.11. The first kappa shape index (κ1) is 15.1. The molecule has 5 nitrogen and oxygen atoms in total. The maximum Gasteiger partial charge on any atom is 0.339 e. The van der Waals surface area contributed by atoms with Crippen molar-refractivity contribution in [2.24, 2.45) is 0 Å². The van der Waals surface area contributed by atoms with E-state index < -0.39 is 5.97 Å². The lowest BCUT2D eigenvalue weighted by Crippen LogP contribution is -2.20. The van der Waals surface area contributed by atoms with E-state index >= 15 is 0 Å². The fourth-order valence-corrected chi connectivity index (χ4v) is 2.08. The van der Waals surface area contributed by atoms with Gasteiger partial charge in [0.1, 0.15) is 11.3 Å². The number of anilines is 1. The third-order valence-electron chi connectivity index (χ3n) is 2.58. The number of nitrogens with one attached hydrogen (secondary N) is 1. The molecule has 6 heteroatoms. The second-order valence-corrected chi connectivity index (χ2v) is 5.06. The maximum atomic E-state index is 11.8. The number of halogens is 1. The summed E-state index contributed by atoms with van der Waals surface area (Å²) in [6, 6.07) is 13.3. The van der Waals surface area contributed by atoms with Gasteiger partial charge in [0, 0.05) is 10.2 Å². The van der Waals surface area contributed by atoms with Crippen LogP contribution in [-0.2, 0) is 4.79 Å². The number of carboxylic acids is 1. The number of aromatic carboxylic acids is 1. The zero-order chi connectivity index (χ0) is 15.2. The van der Waals surface area contributed by atoms with Gasteiger partial charge in [0.2, 0.25) is 0 Å². The predicted molar refractivity (Wildman–Crippen MR) is 81.7 cm³/mol. The summed E-state index contributed by atoms with van der Waals surface area (Å²) in [7, 11) is 0. The third kappa shape index (κ3) is 4.32. The van der Waals surface area contributed by atoms with Gasteiger partial charge in [0.15, 0.2) is 6.61 Å². The number of benzene rings is 2. The van der Waals surface area contributed by atoms with E-state index in [9.17, 15) is 9.59 Å². The lowest BCUT2D eigenvalue weighted by Gasteiger charge is -2.09. The van der Waals surface area contributed by atoms with Crippen LogP contribution in [0.15, 0.2) is 53.0 Å². The summed E-state index contributed by atoms with van der Waals surface area (Å²) in [5.41, 5.74) is 0.650. The Bertz CT molecular complexity index is 672. The van der Waals surface area contributed by atoms with Crippen LogP contribution in [0.5, 0.6) is 5.75 Å².